The maximum atomic E-state index is 10.4. The van der Waals surface area contributed by atoms with E-state index in [0.717, 1.165) is 5.56 Å². The molecule has 0 aliphatic carbocycles. The number of carboxylic acid groups (broad SMARTS) is 1. The van der Waals surface area contributed by atoms with Crippen LogP contribution in [0.5, 0.6) is 0 Å². The van der Waals surface area contributed by atoms with Crippen LogP contribution in [-0.4, -0.2) is 22.0 Å². The highest BCUT2D eigenvalue weighted by molar-refractivity contribution is 5.73. The number of hydrogen-bond donors (Lipinski definition) is 2. The molecule has 1 atom stereocenters. The van der Waals surface area contributed by atoms with Crippen molar-refractivity contribution in [2.24, 2.45) is 5.73 Å². The number of nitro benzene ring substituents is 1. The van der Waals surface area contributed by atoms with Crippen molar-refractivity contribution in [3.63, 3.8) is 0 Å². The predicted octanol–water partition coefficient (Wildman–Crippen LogP) is 4.23. The zero-order valence-electron chi connectivity index (χ0n) is 15.6. The summed E-state index contributed by atoms with van der Waals surface area (Å²) < 4.78 is 0. The zero-order valence-corrected chi connectivity index (χ0v) is 15.6. The van der Waals surface area contributed by atoms with Gasteiger partial charge in [-0.15, -0.1) is 0 Å². The number of nitrogens with two attached hydrogens (primary N) is 1. The second-order valence-corrected chi connectivity index (χ2v) is 5.88. The van der Waals surface area contributed by atoms with Gasteiger partial charge in [0.2, 0.25) is 0 Å². The van der Waals surface area contributed by atoms with E-state index in [1.807, 2.05) is 48.5 Å². The van der Waals surface area contributed by atoms with Gasteiger partial charge in [-0.25, -0.2) is 0 Å². The Kier molecular flexibility index (Phi) is 10.3. The summed E-state index contributed by atoms with van der Waals surface area (Å²) in [4.78, 5) is 20.0. The van der Waals surface area contributed by atoms with Gasteiger partial charge in [0.25, 0.3) is 5.69 Å². The van der Waals surface area contributed by atoms with Crippen molar-refractivity contribution in [1.82, 2.24) is 0 Å². The van der Waals surface area contributed by atoms with Gasteiger partial charge < -0.3 is 10.8 Å². The first kappa shape index (κ1) is 22.5. The van der Waals surface area contributed by atoms with E-state index in [0.29, 0.717) is 6.42 Å². The molecule has 6 heteroatoms. The number of nitrogens with zero attached hydrogens (tertiary/aromatic N) is 1. The van der Waals surface area contributed by atoms with Crippen LogP contribution in [-0.2, 0) is 11.2 Å². The average Bonchev–Trinajstić information content (AvgIpc) is 2.71. The highest BCUT2D eigenvalue weighted by Crippen LogP contribution is 2.06. The van der Waals surface area contributed by atoms with Crippen molar-refractivity contribution >= 4 is 11.7 Å². The Morgan fingerprint density at radius 2 is 1.36 bits per heavy atom. The molecule has 0 saturated heterocycles. The molecule has 0 saturated carbocycles. The first-order valence-corrected chi connectivity index (χ1v) is 8.63. The van der Waals surface area contributed by atoms with Crippen LogP contribution >= 0.6 is 0 Å². The number of carbonyl (C=O) groups is 1. The summed E-state index contributed by atoms with van der Waals surface area (Å²) >= 11 is 0. The fourth-order valence-electron chi connectivity index (χ4n) is 2.04. The van der Waals surface area contributed by atoms with E-state index < -0.39 is 16.9 Å². The van der Waals surface area contributed by atoms with E-state index in [2.05, 4.69) is 19.1 Å². The number of aliphatic carboxylic acids is 1. The fraction of sp³-hybridized carbons (Fsp3) is 0.136. The summed E-state index contributed by atoms with van der Waals surface area (Å²) in [6.07, 6.45) is 0.385. The SMILES string of the molecule is Cc1ccccc1.NC(Cc1ccccc1)C(=O)O.O=[N+]([O-])c1ccccc1. The fourth-order valence-corrected chi connectivity index (χ4v) is 2.04. The van der Waals surface area contributed by atoms with E-state index in [9.17, 15) is 14.9 Å². The lowest BCUT2D eigenvalue weighted by atomic mass is 10.1. The second kappa shape index (κ2) is 12.8. The van der Waals surface area contributed by atoms with Gasteiger partial charge in [-0.1, -0.05) is 84.4 Å². The van der Waals surface area contributed by atoms with E-state index in [4.69, 9.17) is 10.8 Å². The van der Waals surface area contributed by atoms with E-state index >= 15 is 0 Å². The maximum absolute atomic E-state index is 10.4. The van der Waals surface area contributed by atoms with Crippen LogP contribution in [0.25, 0.3) is 0 Å². The Bertz CT molecular complexity index is 825. The molecular formula is C22H24N2O4. The third-order valence-electron chi connectivity index (χ3n) is 3.52. The van der Waals surface area contributed by atoms with E-state index in [1.165, 1.54) is 17.7 Å². The van der Waals surface area contributed by atoms with Crippen LogP contribution in [0, 0.1) is 17.0 Å². The second-order valence-electron chi connectivity index (χ2n) is 5.88. The normalized spacial score (nSPS) is 10.4. The van der Waals surface area contributed by atoms with Crippen LogP contribution in [0.1, 0.15) is 11.1 Å². The molecule has 3 aromatic carbocycles. The third-order valence-corrected chi connectivity index (χ3v) is 3.52. The van der Waals surface area contributed by atoms with Gasteiger partial charge in [0, 0.05) is 12.1 Å². The van der Waals surface area contributed by atoms with E-state index in [1.54, 1.807) is 18.2 Å². The van der Waals surface area contributed by atoms with Gasteiger partial charge in [-0.2, -0.15) is 0 Å². The number of carboxylic acids is 1. The lowest BCUT2D eigenvalue weighted by Crippen LogP contribution is -2.32. The zero-order chi connectivity index (χ0) is 20.8. The summed E-state index contributed by atoms with van der Waals surface area (Å²) in [5.74, 6) is -0.959. The molecule has 3 N–H and O–H groups in total. The van der Waals surface area contributed by atoms with Gasteiger partial charge >= 0.3 is 5.97 Å². The molecule has 3 rings (SSSR count). The standard InChI is InChI=1S/C9H11NO2.C7H8.C6H5NO2/c10-8(9(11)12)6-7-4-2-1-3-5-7;1-7-5-3-2-4-6-7;8-7(9)6-4-2-1-3-5-6/h1-5,8H,6,10H2,(H,11,12);2-6H,1H3;1-5H. The highest BCUT2D eigenvalue weighted by Gasteiger charge is 2.10. The molecule has 3 aromatic rings. The molecule has 0 aliphatic heterocycles. The highest BCUT2D eigenvalue weighted by atomic mass is 16.6. The minimum absolute atomic E-state index is 0.137. The molecule has 0 radical (unpaired) electrons. The molecule has 146 valence electrons. The summed E-state index contributed by atoms with van der Waals surface area (Å²) in [6.45, 7) is 2.08. The molecule has 0 fully saturated rings. The first-order valence-electron chi connectivity index (χ1n) is 8.63. The Morgan fingerprint density at radius 1 is 0.929 bits per heavy atom. The van der Waals surface area contributed by atoms with Gasteiger partial charge in [-0.05, 0) is 18.9 Å². The van der Waals surface area contributed by atoms with Crippen LogP contribution in [0.2, 0.25) is 0 Å². The van der Waals surface area contributed by atoms with Crippen molar-refractivity contribution < 1.29 is 14.8 Å². The molecule has 0 aromatic heterocycles. The minimum atomic E-state index is -0.959. The lowest BCUT2D eigenvalue weighted by Gasteiger charge is -2.04. The smallest absolute Gasteiger partial charge is 0.320 e. The first-order chi connectivity index (χ1) is 13.4. The maximum Gasteiger partial charge on any atom is 0.320 e. The summed E-state index contributed by atoms with van der Waals surface area (Å²) in [7, 11) is 0. The molecule has 0 bridgehead atoms. The summed E-state index contributed by atoms with van der Waals surface area (Å²) in [5, 5.41) is 18.5. The molecule has 0 spiro atoms. The van der Waals surface area contributed by atoms with Crippen molar-refractivity contribution in [2.45, 2.75) is 19.4 Å². The largest absolute Gasteiger partial charge is 0.480 e. The van der Waals surface area contributed by atoms with Gasteiger partial charge in [-0.3, -0.25) is 14.9 Å². The minimum Gasteiger partial charge on any atom is -0.480 e. The molecular weight excluding hydrogens is 356 g/mol. The molecule has 0 heterocycles. The Hall–Kier alpha value is -3.51. The van der Waals surface area contributed by atoms with Crippen LogP contribution in [0.4, 0.5) is 5.69 Å². The molecule has 0 amide bonds. The molecule has 6 nitrogen and oxygen atoms in total. The number of para-hydroxylation sites is 1. The van der Waals surface area contributed by atoms with Crippen LogP contribution in [0.15, 0.2) is 91.0 Å². The average molecular weight is 380 g/mol. The number of rotatable bonds is 4. The van der Waals surface area contributed by atoms with E-state index in [-0.39, 0.29) is 5.69 Å². The number of nitro groups is 1. The molecule has 28 heavy (non-hydrogen) atoms. The van der Waals surface area contributed by atoms with Crippen molar-refractivity contribution in [3.05, 3.63) is 112 Å². The summed E-state index contributed by atoms with van der Waals surface area (Å²) in [6, 6.07) is 26.7. The van der Waals surface area contributed by atoms with Gasteiger partial charge in [0.05, 0.1) is 4.92 Å². The Balaban J connectivity index is 0.000000218. The van der Waals surface area contributed by atoms with Crippen molar-refractivity contribution in [2.75, 3.05) is 0 Å². The molecule has 0 aliphatic rings. The van der Waals surface area contributed by atoms with Crippen LogP contribution < -0.4 is 5.73 Å². The van der Waals surface area contributed by atoms with Crippen molar-refractivity contribution in [3.8, 4) is 0 Å². The predicted molar refractivity (Wildman–Crippen MR) is 110 cm³/mol. The number of hydrogen-bond acceptors (Lipinski definition) is 4. The Morgan fingerprint density at radius 3 is 1.68 bits per heavy atom. The van der Waals surface area contributed by atoms with Crippen LogP contribution in [0.3, 0.4) is 0 Å². The third kappa shape index (κ3) is 9.84. The Labute approximate surface area is 164 Å². The number of benzene rings is 3. The molecule has 1 unspecified atom stereocenters. The summed E-state index contributed by atoms with van der Waals surface area (Å²) in [5.41, 5.74) is 7.76. The van der Waals surface area contributed by atoms with Gasteiger partial charge in [0.1, 0.15) is 6.04 Å². The monoisotopic (exact) mass is 380 g/mol. The lowest BCUT2D eigenvalue weighted by molar-refractivity contribution is -0.384. The number of non-ortho nitro benzene ring substituents is 1. The van der Waals surface area contributed by atoms with Crippen molar-refractivity contribution in [1.29, 1.82) is 0 Å². The van der Waals surface area contributed by atoms with Gasteiger partial charge in [0.15, 0.2) is 0 Å². The topological polar surface area (TPSA) is 106 Å². The quantitative estimate of drug-likeness (QED) is 0.520. The number of aryl methyl sites for hydroxylation is 1.